The normalized spacial score (nSPS) is 27.6. The lowest BCUT2D eigenvalue weighted by Crippen LogP contribution is -2.32. The van der Waals surface area contributed by atoms with Crippen molar-refractivity contribution in [3.05, 3.63) is 28.2 Å². The fraction of sp³-hybridized carbons (Fsp3) is 0.500. The minimum Gasteiger partial charge on any atom is -0.487 e. The van der Waals surface area contributed by atoms with E-state index in [9.17, 15) is 0 Å². The third kappa shape index (κ3) is 2.91. The van der Waals surface area contributed by atoms with Crippen LogP contribution in [0.4, 0.5) is 0 Å². The molecule has 1 aliphatic rings. The molecule has 1 aromatic carbocycles. The van der Waals surface area contributed by atoms with Gasteiger partial charge in [-0.05, 0) is 37.3 Å². The SMILES string of the molecule is CC1CCC(C#N)C(Oc2cccc(Cl)c2Cl)C1. The molecule has 18 heavy (non-hydrogen) atoms. The zero-order valence-corrected chi connectivity index (χ0v) is 11.7. The van der Waals surface area contributed by atoms with Crippen LogP contribution in [0.5, 0.6) is 5.75 Å². The summed E-state index contributed by atoms with van der Waals surface area (Å²) in [4.78, 5) is 0. The van der Waals surface area contributed by atoms with E-state index < -0.39 is 0 Å². The van der Waals surface area contributed by atoms with Gasteiger partial charge in [-0.25, -0.2) is 0 Å². The second-order valence-electron chi connectivity index (χ2n) is 4.86. The van der Waals surface area contributed by atoms with Crippen LogP contribution in [0.25, 0.3) is 0 Å². The van der Waals surface area contributed by atoms with E-state index in [-0.39, 0.29) is 12.0 Å². The van der Waals surface area contributed by atoms with Gasteiger partial charge in [0.2, 0.25) is 0 Å². The van der Waals surface area contributed by atoms with Crippen LogP contribution in [0.2, 0.25) is 10.0 Å². The molecule has 0 spiro atoms. The molecule has 0 saturated heterocycles. The molecule has 1 fully saturated rings. The maximum atomic E-state index is 9.16. The number of ether oxygens (including phenoxy) is 1. The van der Waals surface area contributed by atoms with Gasteiger partial charge in [-0.2, -0.15) is 5.26 Å². The van der Waals surface area contributed by atoms with Crippen molar-refractivity contribution in [2.75, 3.05) is 0 Å². The van der Waals surface area contributed by atoms with E-state index in [1.165, 1.54) is 0 Å². The molecule has 0 aliphatic heterocycles. The molecule has 0 radical (unpaired) electrons. The van der Waals surface area contributed by atoms with Gasteiger partial charge in [0.15, 0.2) is 0 Å². The predicted molar refractivity (Wildman–Crippen MR) is 73.0 cm³/mol. The molecule has 2 rings (SSSR count). The van der Waals surface area contributed by atoms with Gasteiger partial charge >= 0.3 is 0 Å². The molecule has 3 unspecified atom stereocenters. The summed E-state index contributed by atoms with van der Waals surface area (Å²) < 4.78 is 5.90. The standard InChI is InChI=1S/C14H15Cl2NO/c1-9-5-6-10(8-17)13(7-9)18-12-4-2-3-11(15)14(12)16/h2-4,9-10,13H,5-7H2,1H3. The minimum absolute atomic E-state index is 0.0590. The van der Waals surface area contributed by atoms with Crippen molar-refractivity contribution < 1.29 is 4.74 Å². The third-order valence-corrected chi connectivity index (χ3v) is 4.22. The van der Waals surface area contributed by atoms with Gasteiger partial charge in [-0.3, -0.25) is 0 Å². The van der Waals surface area contributed by atoms with Gasteiger partial charge in [-0.15, -0.1) is 0 Å². The Morgan fingerprint density at radius 1 is 1.33 bits per heavy atom. The Kier molecular flexibility index (Phi) is 4.37. The van der Waals surface area contributed by atoms with Crippen LogP contribution in [-0.2, 0) is 0 Å². The van der Waals surface area contributed by atoms with Crippen molar-refractivity contribution in [3.63, 3.8) is 0 Å². The second-order valence-corrected chi connectivity index (χ2v) is 5.65. The number of hydrogen-bond donors (Lipinski definition) is 0. The summed E-state index contributed by atoms with van der Waals surface area (Å²) in [5.74, 6) is 1.09. The van der Waals surface area contributed by atoms with Crippen LogP contribution in [-0.4, -0.2) is 6.10 Å². The molecule has 0 N–H and O–H groups in total. The smallest absolute Gasteiger partial charge is 0.139 e. The van der Waals surface area contributed by atoms with E-state index in [1.54, 1.807) is 18.2 Å². The number of rotatable bonds is 2. The van der Waals surface area contributed by atoms with E-state index in [0.717, 1.165) is 19.3 Å². The molecule has 3 atom stereocenters. The monoisotopic (exact) mass is 283 g/mol. The summed E-state index contributed by atoms with van der Waals surface area (Å²) in [6.45, 7) is 2.18. The van der Waals surface area contributed by atoms with Crippen molar-refractivity contribution in [2.24, 2.45) is 11.8 Å². The Bertz CT molecular complexity index is 469. The average Bonchev–Trinajstić information content (AvgIpc) is 2.35. The summed E-state index contributed by atoms with van der Waals surface area (Å²) in [6, 6.07) is 7.65. The third-order valence-electron chi connectivity index (χ3n) is 3.41. The number of halogens is 2. The molecular weight excluding hydrogens is 269 g/mol. The van der Waals surface area contributed by atoms with E-state index in [2.05, 4.69) is 13.0 Å². The summed E-state index contributed by atoms with van der Waals surface area (Å²) in [6.07, 6.45) is 2.78. The lowest BCUT2D eigenvalue weighted by atomic mass is 9.81. The second kappa shape index (κ2) is 5.82. The molecule has 1 aliphatic carbocycles. The van der Waals surface area contributed by atoms with Crippen LogP contribution in [0.3, 0.4) is 0 Å². The fourth-order valence-corrected chi connectivity index (χ4v) is 2.68. The zero-order chi connectivity index (χ0) is 13.1. The number of benzene rings is 1. The molecule has 0 heterocycles. The summed E-state index contributed by atoms with van der Waals surface area (Å²) in [7, 11) is 0. The Morgan fingerprint density at radius 2 is 2.11 bits per heavy atom. The predicted octanol–water partition coefficient (Wildman–Crippen LogP) is 4.70. The largest absolute Gasteiger partial charge is 0.487 e. The number of nitriles is 1. The number of nitrogens with zero attached hydrogens (tertiary/aromatic N) is 1. The molecule has 0 amide bonds. The molecule has 96 valence electrons. The van der Waals surface area contributed by atoms with E-state index >= 15 is 0 Å². The first kappa shape index (κ1) is 13.5. The van der Waals surface area contributed by atoms with Gasteiger partial charge in [0, 0.05) is 0 Å². The van der Waals surface area contributed by atoms with Crippen LogP contribution in [0, 0.1) is 23.2 Å². The van der Waals surface area contributed by atoms with Gasteiger partial charge < -0.3 is 4.74 Å². The van der Waals surface area contributed by atoms with Gasteiger partial charge in [-0.1, -0.05) is 36.2 Å². The Labute approximate surface area is 117 Å². The topological polar surface area (TPSA) is 33.0 Å². The van der Waals surface area contributed by atoms with Crippen molar-refractivity contribution in [1.29, 1.82) is 5.26 Å². The van der Waals surface area contributed by atoms with Crippen molar-refractivity contribution in [1.82, 2.24) is 0 Å². The molecule has 1 aromatic rings. The van der Waals surface area contributed by atoms with E-state index in [4.69, 9.17) is 33.2 Å². The van der Waals surface area contributed by atoms with Crippen LogP contribution >= 0.6 is 23.2 Å². The summed E-state index contributed by atoms with van der Waals surface area (Å²) >= 11 is 12.1. The van der Waals surface area contributed by atoms with Crippen molar-refractivity contribution >= 4 is 23.2 Å². The highest BCUT2D eigenvalue weighted by atomic mass is 35.5. The first-order valence-electron chi connectivity index (χ1n) is 6.12. The quantitative estimate of drug-likeness (QED) is 0.788. The molecule has 0 aromatic heterocycles. The first-order chi connectivity index (χ1) is 8.61. The van der Waals surface area contributed by atoms with Gasteiger partial charge in [0.25, 0.3) is 0 Å². The molecular formula is C14H15Cl2NO. The highest BCUT2D eigenvalue weighted by Gasteiger charge is 2.30. The Balaban J connectivity index is 2.16. The van der Waals surface area contributed by atoms with Crippen LogP contribution < -0.4 is 4.74 Å². The zero-order valence-electron chi connectivity index (χ0n) is 10.2. The van der Waals surface area contributed by atoms with E-state index in [0.29, 0.717) is 21.7 Å². The minimum atomic E-state index is -0.0882. The highest BCUT2D eigenvalue weighted by Crippen LogP contribution is 2.36. The lowest BCUT2D eigenvalue weighted by molar-refractivity contribution is 0.0957. The van der Waals surface area contributed by atoms with E-state index in [1.807, 2.05) is 0 Å². The molecule has 1 saturated carbocycles. The molecule has 0 bridgehead atoms. The maximum absolute atomic E-state index is 9.16. The lowest BCUT2D eigenvalue weighted by Gasteiger charge is -2.31. The first-order valence-corrected chi connectivity index (χ1v) is 6.87. The number of hydrogen-bond acceptors (Lipinski definition) is 2. The van der Waals surface area contributed by atoms with Crippen molar-refractivity contribution in [3.8, 4) is 11.8 Å². The highest BCUT2D eigenvalue weighted by molar-refractivity contribution is 6.42. The Hall–Kier alpha value is -0.910. The molecule has 4 heteroatoms. The summed E-state index contributed by atoms with van der Waals surface area (Å²) in [5, 5.41) is 10.1. The summed E-state index contributed by atoms with van der Waals surface area (Å²) in [5.41, 5.74) is 0. The van der Waals surface area contributed by atoms with Crippen LogP contribution in [0.1, 0.15) is 26.2 Å². The van der Waals surface area contributed by atoms with Gasteiger partial charge in [0.1, 0.15) is 16.9 Å². The van der Waals surface area contributed by atoms with Crippen molar-refractivity contribution in [2.45, 2.75) is 32.3 Å². The molecule has 2 nitrogen and oxygen atoms in total. The Morgan fingerprint density at radius 3 is 2.83 bits per heavy atom. The van der Waals surface area contributed by atoms with Crippen LogP contribution in [0.15, 0.2) is 18.2 Å². The average molecular weight is 284 g/mol. The fourth-order valence-electron chi connectivity index (χ4n) is 2.34. The van der Waals surface area contributed by atoms with Gasteiger partial charge in [0.05, 0.1) is 17.0 Å². The maximum Gasteiger partial charge on any atom is 0.139 e.